The van der Waals surface area contributed by atoms with Crippen LogP contribution in [0.2, 0.25) is 5.02 Å². The molecule has 150 valence electrons. The van der Waals surface area contributed by atoms with Crippen LogP contribution in [0.5, 0.6) is 0 Å². The zero-order valence-corrected chi connectivity index (χ0v) is 17.2. The number of pyridine rings is 1. The maximum absolute atomic E-state index is 12.6. The fraction of sp³-hybridized carbons (Fsp3) is 0.227. The van der Waals surface area contributed by atoms with Crippen LogP contribution in [-0.2, 0) is 4.79 Å². The number of hydrogen-bond donors (Lipinski definition) is 2. The highest BCUT2D eigenvalue weighted by molar-refractivity contribution is 6.30. The Morgan fingerprint density at radius 2 is 1.86 bits per heavy atom. The molecule has 3 rings (SSSR count). The molecule has 0 spiro atoms. The van der Waals surface area contributed by atoms with Gasteiger partial charge in [-0.2, -0.15) is 0 Å². The van der Waals surface area contributed by atoms with Gasteiger partial charge in [-0.25, -0.2) is 4.98 Å². The van der Waals surface area contributed by atoms with Crippen molar-refractivity contribution in [2.75, 3.05) is 11.9 Å². The van der Waals surface area contributed by atoms with Gasteiger partial charge in [0.1, 0.15) is 5.82 Å². The molecule has 1 aromatic carbocycles. The van der Waals surface area contributed by atoms with Gasteiger partial charge in [-0.05, 0) is 62.7 Å². The molecule has 2 amide bonds. The number of hydrogen-bond acceptors (Lipinski definition) is 3. The number of nitrogens with one attached hydrogen (secondary N) is 2. The first kappa shape index (κ1) is 20.6. The number of benzene rings is 1. The Morgan fingerprint density at radius 3 is 2.55 bits per heavy atom. The lowest BCUT2D eigenvalue weighted by atomic mass is 10.2. The minimum absolute atomic E-state index is 0.102. The Hall–Kier alpha value is -3.12. The predicted molar refractivity (Wildman–Crippen MR) is 115 cm³/mol. The maximum atomic E-state index is 12.6. The van der Waals surface area contributed by atoms with Crippen LogP contribution in [-0.4, -0.2) is 27.9 Å². The van der Waals surface area contributed by atoms with Gasteiger partial charge in [0, 0.05) is 41.3 Å². The number of anilines is 1. The maximum Gasteiger partial charge on any atom is 0.253 e. The highest BCUT2D eigenvalue weighted by atomic mass is 35.5. The van der Waals surface area contributed by atoms with E-state index in [1.54, 1.807) is 30.5 Å². The quantitative estimate of drug-likeness (QED) is 0.570. The van der Waals surface area contributed by atoms with E-state index in [0.29, 0.717) is 35.7 Å². The monoisotopic (exact) mass is 410 g/mol. The number of aromatic nitrogens is 2. The molecule has 2 heterocycles. The summed E-state index contributed by atoms with van der Waals surface area (Å²) in [6.45, 7) is 4.26. The Labute approximate surface area is 174 Å². The molecule has 6 nitrogen and oxygen atoms in total. The third-order valence-electron chi connectivity index (χ3n) is 4.55. The molecule has 3 aromatic rings. The van der Waals surface area contributed by atoms with E-state index in [1.165, 1.54) is 0 Å². The summed E-state index contributed by atoms with van der Waals surface area (Å²) in [6.07, 6.45) is 2.59. The van der Waals surface area contributed by atoms with Gasteiger partial charge < -0.3 is 15.2 Å². The van der Waals surface area contributed by atoms with Gasteiger partial charge in [0.05, 0.1) is 5.56 Å². The number of halogens is 1. The van der Waals surface area contributed by atoms with Crippen LogP contribution < -0.4 is 10.6 Å². The Balaban J connectivity index is 1.51. The minimum atomic E-state index is -0.154. The number of carbonyl (C=O) groups is 2. The Kier molecular flexibility index (Phi) is 6.67. The van der Waals surface area contributed by atoms with Gasteiger partial charge in [0.2, 0.25) is 5.91 Å². The van der Waals surface area contributed by atoms with E-state index >= 15 is 0 Å². The Morgan fingerprint density at radius 1 is 1.10 bits per heavy atom. The number of carbonyl (C=O) groups excluding carboxylic acids is 2. The first-order valence-corrected chi connectivity index (χ1v) is 9.77. The molecule has 0 saturated carbocycles. The smallest absolute Gasteiger partial charge is 0.253 e. The first-order chi connectivity index (χ1) is 14.0. The summed E-state index contributed by atoms with van der Waals surface area (Å²) in [6, 6.07) is 14.5. The number of nitrogens with zero attached hydrogens (tertiary/aromatic N) is 2. The third kappa shape index (κ3) is 5.23. The lowest BCUT2D eigenvalue weighted by Gasteiger charge is -2.09. The van der Waals surface area contributed by atoms with Crippen molar-refractivity contribution in [3.05, 3.63) is 76.7 Å². The van der Waals surface area contributed by atoms with Crippen LogP contribution in [0.4, 0.5) is 5.69 Å². The largest absolute Gasteiger partial charge is 0.352 e. The first-order valence-electron chi connectivity index (χ1n) is 9.39. The average Bonchev–Trinajstić information content (AvgIpc) is 3.01. The molecule has 2 aromatic heterocycles. The molecule has 0 unspecified atom stereocenters. The van der Waals surface area contributed by atoms with Crippen LogP contribution in [0.3, 0.4) is 0 Å². The van der Waals surface area contributed by atoms with Crippen molar-refractivity contribution in [2.45, 2.75) is 26.7 Å². The second-order valence-electron chi connectivity index (χ2n) is 6.72. The summed E-state index contributed by atoms with van der Waals surface area (Å²) in [7, 11) is 0. The molecule has 0 aliphatic rings. The van der Waals surface area contributed by atoms with Gasteiger partial charge in [-0.1, -0.05) is 17.7 Å². The standard InChI is InChI=1S/C22H23ClN4O2/c1-15-14-19(16(2)27(15)20-6-3-4-12-24-20)22(29)25-13-5-7-21(28)26-18-10-8-17(23)9-11-18/h3-4,6,8-12,14H,5,7,13H2,1-2H3,(H,25,29)(H,26,28). The van der Waals surface area contributed by atoms with E-state index < -0.39 is 0 Å². The van der Waals surface area contributed by atoms with Gasteiger partial charge in [0.15, 0.2) is 0 Å². The topological polar surface area (TPSA) is 76.0 Å². The number of rotatable bonds is 7. The highest BCUT2D eigenvalue weighted by Crippen LogP contribution is 2.19. The van der Waals surface area contributed by atoms with E-state index in [0.717, 1.165) is 17.2 Å². The van der Waals surface area contributed by atoms with Gasteiger partial charge in [0.25, 0.3) is 5.91 Å². The molecule has 0 fully saturated rings. The molecule has 7 heteroatoms. The second kappa shape index (κ2) is 9.39. The molecular weight excluding hydrogens is 388 g/mol. The van der Waals surface area contributed by atoms with Crippen LogP contribution >= 0.6 is 11.6 Å². The molecule has 0 radical (unpaired) electrons. The molecule has 0 saturated heterocycles. The molecule has 0 aliphatic heterocycles. The summed E-state index contributed by atoms with van der Waals surface area (Å²) in [4.78, 5) is 28.9. The van der Waals surface area contributed by atoms with Crippen molar-refractivity contribution in [1.82, 2.24) is 14.9 Å². The van der Waals surface area contributed by atoms with Crippen LogP contribution in [0.25, 0.3) is 5.82 Å². The summed E-state index contributed by atoms with van der Waals surface area (Å²) < 4.78 is 1.95. The fourth-order valence-electron chi connectivity index (χ4n) is 3.13. The van der Waals surface area contributed by atoms with Crippen molar-refractivity contribution in [1.29, 1.82) is 0 Å². The summed E-state index contributed by atoms with van der Waals surface area (Å²) in [5.74, 6) is 0.522. The summed E-state index contributed by atoms with van der Waals surface area (Å²) in [5.41, 5.74) is 3.08. The SMILES string of the molecule is Cc1cc(C(=O)NCCCC(=O)Nc2ccc(Cl)cc2)c(C)n1-c1ccccn1. The summed E-state index contributed by atoms with van der Waals surface area (Å²) in [5, 5.41) is 6.31. The zero-order chi connectivity index (χ0) is 20.8. The number of amides is 2. The summed E-state index contributed by atoms with van der Waals surface area (Å²) >= 11 is 5.83. The van der Waals surface area contributed by atoms with E-state index in [-0.39, 0.29) is 11.8 Å². The van der Waals surface area contributed by atoms with Crippen molar-refractivity contribution in [2.24, 2.45) is 0 Å². The third-order valence-corrected chi connectivity index (χ3v) is 4.80. The normalized spacial score (nSPS) is 10.6. The van der Waals surface area contributed by atoms with Crippen LogP contribution in [0, 0.1) is 13.8 Å². The van der Waals surface area contributed by atoms with E-state index in [2.05, 4.69) is 15.6 Å². The van der Waals surface area contributed by atoms with Gasteiger partial charge >= 0.3 is 0 Å². The Bertz CT molecular complexity index is 998. The molecule has 0 bridgehead atoms. The van der Waals surface area contributed by atoms with E-state index in [4.69, 9.17) is 11.6 Å². The van der Waals surface area contributed by atoms with Crippen molar-refractivity contribution in [3.8, 4) is 5.82 Å². The molecule has 2 N–H and O–H groups in total. The molecular formula is C22H23ClN4O2. The highest BCUT2D eigenvalue weighted by Gasteiger charge is 2.16. The van der Waals surface area contributed by atoms with Crippen LogP contribution in [0.15, 0.2) is 54.7 Å². The average molecular weight is 411 g/mol. The molecule has 29 heavy (non-hydrogen) atoms. The van der Waals surface area contributed by atoms with Crippen molar-refractivity contribution >= 4 is 29.1 Å². The van der Waals surface area contributed by atoms with E-state index in [1.807, 2.05) is 42.7 Å². The molecule has 0 atom stereocenters. The second-order valence-corrected chi connectivity index (χ2v) is 7.16. The molecule has 0 aliphatic carbocycles. The fourth-order valence-corrected chi connectivity index (χ4v) is 3.26. The lowest BCUT2D eigenvalue weighted by Crippen LogP contribution is -2.26. The van der Waals surface area contributed by atoms with Crippen molar-refractivity contribution in [3.63, 3.8) is 0 Å². The van der Waals surface area contributed by atoms with E-state index in [9.17, 15) is 9.59 Å². The zero-order valence-electron chi connectivity index (χ0n) is 16.4. The minimum Gasteiger partial charge on any atom is -0.352 e. The lowest BCUT2D eigenvalue weighted by molar-refractivity contribution is -0.116. The van der Waals surface area contributed by atoms with Gasteiger partial charge in [-0.3, -0.25) is 9.59 Å². The van der Waals surface area contributed by atoms with Crippen LogP contribution in [0.1, 0.15) is 34.6 Å². The number of aryl methyl sites for hydroxylation is 1. The predicted octanol–water partition coefficient (Wildman–Crippen LogP) is 4.29. The van der Waals surface area contributed by atoms with Gasteiger partial charge in [-0.15, -0.1) is 0 Å². The van der Waals surface area contributed by atoms with Crippen molar-refractivity contribution < 1.29 is 9.59 Å².